The van der Waals surface area contributed by atoms with Gasteiger partial charge in [-0.2, -0.15) is 5.10 Å². The summed E-state index contributed by atoms with van der Waals surface area (Å²) in [6.07, 6.45) is 0. The van der Waals surface area contributed by atoms with E-state index in [0.29, 0.717) is 11.3 Å². The highest BCUT2D eigenvalue weighted by Crippen LogP contribution is 2.19. The van der Waals surface area contributed by atoms with Crippen molar-refractivity contribution < 1.29 is 18.8 Å². The summed E-state index contributed by atoms with van der Waals surface area (Å²) >= 11 is 0.953. The van der Waals surface area contributed by atoms with Gasteiger partial charge in [-0.25, -0.2) is 4.39 Å². The van der Waals surface area contributed by atoms with Gasteiger partial charge < -0.3 is 5.32 Å². The smallest absolute Gasteiger partial charge is 0.288 e. The third kappa shape index (κ3) is 3.46. The Morgan fingerprint density at radius 3 is 2.75 bits per heavy atom. The van der Waals surface area contributed by atoms with Gasteiger partial charge in [-0.1, -0.05) is 11.8 Å². The Kier molecular flexibility index (Phi) is 4.61. The van der Waals surface area contributed by atoms with Crippen molar-refractivity contribution in [3.63, 3.8) is 0 Å². The van der Waals surface area contributed by atoms with E-state index in [1.54, 1.807) is 18.2 Å². The molecule has 3 rings (SSSR count). The van der Waals surface area contributed by atoms with Gasteiger partial charge in [0.05, 0.1) is 11.4 Å². The van der Waals surface area contributed by atoms with Crippen molar-refractivity contribution in [1.29, 1.82) is 0 Å². The lowest BCUT2D eigenvalue weighted by Crippen LogP contribution is -2.37. The third-order valence-corrected chi connectivity index (χ3v) is 4.28. The Bertz CT molecular complexity index is 774. The van der Waals surface area contributed by atoms with Crippen LogP contribution in [-0.2, 0) is 4.79 Å². The van der Waals surface area contributed by atoms with Gasteiger partial charge in [0.1, 0.15) is 11.5 Å². The topological polar surface area (TPSA) is 95.2 Å². The van der Waals surface area contributed by atoms with E-state index in [1.807, 2.05) is 0 Å². The predicted molar refractivity (Wildman–Crippen MR) is 85.9 cm³/mol. The summed E-state index contributed by atoms with van der Waals surface area (Å²) < 4.78 is 12.9. The first-order valence-electron chi connectivity index (χ1n) is 7.11. The number of thioether (sulfide) groups is 1. The normalized spacial score (nSPS) is 14.3. The van der Waals surface area contributed by atoms with Crippen LogP contribution in [0.2, 0.25) is 0 Å². The number of carbonyl (C=O) groups is 3. The Balaban J connectivity index is 1.57. The van der Waals surface area contributed by atoms with Crippen LogP contribution in [0.1, 0.15) is 10.5 Å². The summed E-state index contributed by atoms with van der Waals surface area (Å²) in [6, 6.07) is 7.30. The molecule has 1 fully saturated rings. The average Bonchev–Trinajstić information content (AvgIpc) is 3.17. The zero-order valence-electron chi connectivity index (χ0n) is 12.4. The minimum absolute atomic E-state index is 0.134. The van der Waals surface area contributed by atoms with Gasteiger partial charge in [0, 0.05) is 18.7 Å². The van der Waals surface area contributed by atoms with E-state index >= 15 is 0 Å². The first-order valence-corrected chi connectivity index (χ1v) is 8.10. The lowest BCUT2D eigenvalue weighted by molar-refractivity contribution is -0.124. The second-order valence-electron chi connectivity index (χ2n) is 5.03. The molecular formula is C15H13FN4O3S. The predicted octanol–water partition coefficient (Wildman–Crippen LogP) is 1.64. The van der Waals surface area contributed by atoms with E-state index in [1.165, 1.54) is 12.1 Å². The fraction of sp³-hybridized carbons (Fsp3) is 0.200. The molecule has 2 N–H and O–H groups in total. The number of amides is 3. The molecule has 0 atom stereocenters. The first kappa shape index (κ1) is 16.2. The highest BCUT2D eigenvalue weighted by molar-refractivity contribution is 8.14. The molecule has 0 saturated carbocycles. The molecule has 1 saturated heterocycles. The Morgan fingerprint density at radius 1 is 1.33 bits per heavy atom. The second kappa shape index (κ2) is 6.83. The Hall–Kier alpha value is -2.68. The maximum atomic E-state index is 12.9. The van der Waals surface area contributed by atoms with Gasteiger partial charge in [0.15, 0.2) is 0 Å². The lowest BCUT2D eigenvalue weighted by Gasteiger charge is -2.12. The maximum Gasteiger partial charge on any atom is 0.288 e. The maximum absolute atomic E-state index is 12.9. The number of hydrogen-bond donors (Lipinski definition) is 2. The standard InChI is InChI=1S/C15H13FN4O3S/c16-10-3-1-9(2-4-10)11-7-12(19-18-11)14(22)17-5-6-20-13(21)8-24-15(20)23/h1-4,7H,5-6,8H2,(H,17,22)(H,18,19). The highest BCUT2D eigenvalue weighted by atomic mass is 32.2. The first-order chi connectivity index (χ1) is 11.5. The molecule has 1 aliphatic heterocycles. The summed E-state index contributed by atoms with van der Waals surface area (Å²) in [4.78, 5) is 36.0. The number of carbonyl (C=O) groups excluding carboxylic acids is 3. The molecule has 124 valence electrons. The fourth-order valence-corrected chi connectivity index (χ4v) is 2.93. The molecule has 2 heterocycles. The molecule has 0 bridgehead atoms. The Labute approximate surface area is 140 Å². The van der Waals surface area contributed by atoms with Crippen LogP contribution >= 0.6 is 11.8 Å². The zero-order chi connectivity index (χ0) is 17.1. The van der Waals surface area contributed by atoms with Gasteiger partial charge in [-0.05, 0) is 30.3 Å². The van der Waals surface area contributed by atoms with E-state index in [2.05, 4.69) is 15.5 Å². The summed E-state index contributed by atoms with van der Waals surface area (Å²) in [5.74, 6) is -0.854. The monoisotopic (exact) mass is 348 g/mol. The number of benzene rings is 1. The number of nitrogens with one attached hydrogen (secondary N) is 2. The van der Waals surface area contributed by atoms with Crippen LogP contribution in [0.3, 0.4) is 0 Å². The van der Waals surface area contributed by atoms with Crippen molar-refractivity contribution >= 4 is 28.8 Å². The SMILES string of the molecule is O=C(NCCN1C(=O)CSC1=O)c1cc(-c2ccc(F)cc2)n[nH]1. The lowest BCUT2D eigenvalue weighted by atomic mass is 10.1. The van der Waals surface area contributed by atoms with Gasteiger partial charge in [-0.15, -0.1) is 0 Å². The third-order valence-electron chi connectivity index (χ3n) is 3.42. The van der Waals surface area contributed by atoms with E-state index in [4.69, 9.17) is 0 Å². The Morgan fingerprint density at radius 2 is 2.08 bits per heavy atom. The zero-order valence-corrected chi connectivity index (χ0v) is 13.2. The van der Waals surface area contributed by atoms with Crippen LogP contribution in [0.15, 0.2) is 30.3 Å². The molecule has 1 aromatic heterocycles. The van der Waals surface area contributed by atoms with Crippen molar-refractivity contribution in [2.45, 2.75) is 0 Å². The molecule has 0 spiro atoms. The van der Waals surface area contributed by atoms with Crippen molar-refractivity contribution in [2.24, 2.45) is 0 Å². The largest absolute Gasteiger partial charge is 0.349 e. The minimum atomic E-state index is -0.400. The molecule has 1 aliphatic rings. The van der Waals surface area contributed by atoms with Gasteiger partial charge >= 0.3 is 0 Å². The van der Waals surface area contributed by atoms with Crippen molar-refractivity contribution in [3.05, 3.63) is 41.8 Å². The molecular weight excluding hydrogens is 335 g/mol. The number of aromatic nitrogens is 2. The molecule has 3 amide bonds. The summed E-state index contributed by atoms with van der Waals surface area (Å²) in [5, 5.41) is 8.94. The second-order valence-corrected chi connectivity index (χ2v) is 5.96. The van der Waals surface area contributed by atoms with Gasteiger partial charge in [0.2, 0.25) is 5.91 Å². The van der Waals surface area contributed by atoms with Crippen LogP contribution in [0.25, 0.3) is 11.3 Å². The van der Waals surface area contributed by atoms with Gasteiger partial charge in [-0.3, -0.25) is 24.4 Å². The molecule has 0 radical (unpaired) electrons. The molecule has 0 unspecified atom stereocenters. The fourth-order valence-electron chi connectivity index (χ4n) is 2.18. The molecule has 7 nitrogen and oxygen atoms in total. The minimum Gasteiger partial charge on any atom is -0.349 e. The number of aromatic amines is 1. The number of imide groups is 1. The van der Waals surface area contributed by atoms with E-state index in [0.717, 1.165) is 16.7 Å². The van der Waals surface area contributed by atoms with Crippen LogP contribution in [0, 0.1) is 5.82 Å². The van der Waals surface area contributed by atoms with Gasteiger partial charge in [0.25, 0.3) is 11.1 Å². The van der Waals surface area contributed by atoms with E-state index in [-0.39, 0.29) is 41.5 Å². The molecule has 0 aliphatic carbocycles. The van der Waals surface area contributed by atoms with Crippen molar-refractivity contribution in [1.82, 2.24) is 20.4 Å². The van der Waals surface area contributed by atoms with Crippen LogP contribution in [0.5, 0.6) is 0 Å². The summed E-state index contributed by atoms with van der Waals surface area (Å²) in [7, 11) is 0. The van der Waals surface area contributed by atoms with Crippen LogP contribution in [-0.4, -0.2) is 51.0 Å². The number of H-pyrrole nitrogens is 1. The number of halogens is 1. The van der Waals surface area contributed by atoms with E-state index in [9.17, 15) is 18.8 Å². The number of hydrogen-bond acceptors (Lipinski definition) is 5. The van der Waals surface area contributed by atoms with Crippen molar-refractivity contribution in [3.8, 4) is 11.3 Å². The summed E-state index contributed by atoms with van der Waals surface area (Å²) in [5.41, 5.74) is 1.43. The average molecular weight is 348 g/mol. The molecule has 2 aromatic rings. The highest BCUT2D eigenvalue weighted by Gasteiger charge is 2.29. The van der Waals surface area contributed by atoms with Crippen LogP contribution < -0.4 is 5.32 Å². The van der Waals surface area contributed by atoms with Crippen LogP contribution in [0.4, 0.5) is 9.18 Å². The summed E-state index contributed by atoms with van der Waals surface area (Å²) in [6.45, 7) is 0.289. The van der Waals surface area contributed by atoms with Crippen molar-refractivity contribution in [2.75, 3.05) is 18.8 Å². The number of rotatable bonds is 5. The number of nitrogens with zero attached hydrogens (tertiary/aromatic N) is 2. The molecule has 1 aromatic carbocycles. The van der Waals surface area contributed by atoms with E-state index < -0.39 is 5.91 Å². The molecule has 24 heavy (non-hydrogen) atoms. The molecule has 9 heteroatoms. The quantitative estimate of drug-likeness (QED) is 0.856.